The van der Waals surface area contributed by atoms with Crippen LogP contribution in [0.3, 0.4) is 0 Å². The van der Waals surface area contributed by atoms with Crippen LogP contribution in [0.15, 0.2) is 42.5 Å². The van der Waals surface area contributed by atoms with Crippen molar-refractivity contribution in [3.05, 3.63) is 59.2 Å². The molecule has 12 heteroatoms. The number of aromatic nitrogens is 2. The number of aliphatic hydroxyl groups excluding tert-OH is 1. The van der Waals surface area contributed by atoms with Crippen molar-refractivity contribution in [2.24, 2.45) is 0 Å². The maximum Gasteiger partial charge on any atom is 0.416 e. The number of hydrogen-bond donors (Lipinski definition) is 5. The van der Waals surface area contributed by atoms with Crippen LogP contribution >= 0.6 is 0 Å². The van der Waals surface area contributed by atoms with Gasteiger partial charge < -0.3 is 30.7 Å². The summed E-state index contributed by atoms with van der Waals surface area (Å²) in [4.78, 5) is 32.4. The van der Waals surface area contributed by atoms with Crippen LogP contribution in [-0.4, -0.2) is 56.8 Å². The third-order valence-corrected chi connectivity index (χ3v) is 5.40. The molecule has 3 aromatic rings. The topological polar surface area (TPSA) is 131 Å². The predicted molar refractivity (Wildman–Crippen MR) is 123 cm³/mol. The lowest BCUT2D eigenvalue weighted by Crippen LogP contribution is -2.35. The Morgan fingerprint density at radius 2 is 1.97 bits per heavy atom. The molecule has 0 aliphatic carbocycles. The molecule has 2 amide bonds. The van der Waals surface area contributed by atoms with E-state index >= 15 is 0 Å². The Labute approximate surface area is 199 Å². The van der Waals surface area contributed by atoms with E-state index in [1.165, 1.54) is 17.0 Å². The molecule has 1 heterocycles. The van der Waals surface area contributed by atoms with Crippen molar-refractivity contribution in [1.82, 2.24) is 20.2 Å². The highest BCUT2D eigenvalue weighted by atomic mass is 19.4. The molecule has 35 heavy (non-hydrogen) atoms. The molecular weight excluding hydrogens is 467 g/mol. The highest BCUT2D eigenvalue weighted by Crippen LogP contribution is 2.32. The van der Waals surface area contributed by atoms with Gasteiger partial charge in [0, 0.05) is 19.6 Å². The zero-order chi connectivity index (χ0) is 25.6. The SMILES string of the molecule is CCN(CCO)C(=O)CC(Nc1nc2cc(CNC(=O)O)ccc2[nH]1)c1cccc(C(F)(F)F)c1. The number of amides is 2. The Balaban J connectivity index is 1.91. The van der Waals surface area contributed by atoms with E-state index in [9.17, 15) is 27.9 Å². The molecule has 3 rings (SSSR count). The number of benzene rings is 2. The molecule has 0 saturated heterocycles. The molecule has 0 spiro atoms. The maximum atomic E-state index is 13.3. The molecule has 5 N–H and O–H groups in total. The first-order valence-electron chi connectivity index (χ1n) is 10.9. The molecule has 1 atom stereocenters. The van der Waals surface area contributed by atoms with Crippen molar-refractivity contribution in [2.75, 3.05) is 25.0 Å². The molecule has 0 saturated carbocycles. The van der Waals surface area contributed by atoms with Crippen molar-refractivity contribution in [3.8, 4) is 0 Å². The predicted octanol–water partition coefficient (Wildman–Crippen LogP) is 3.73. The number of carbonyl (C=O) groups excluding carboxylic acids is 1. The van der Waals surface area contributed by atoms with E-state index in [-0.39, 0.29) is 43.5 Å². The Morgan fingerprint density at radius 1 is 1.20 bits per heavy atom. The highest BCUT2D eigenvalue weighted by Gasteiger charge is 2.31. The van der Waals surface area contributed by atoms with E-state index < -0.39 is 23.9 Å². The fraction of sp³-hybridized carbons (Fsp3) is 0.348. The summed E-state index contributed by atoms with van der Waals surface area (Å²) in [7, 11) is 0. The van der Waals surface area contributed by atoms with Crippen molar-refractivity contribution < 1.29 is 33.0 Å². The summed E-state index contributed by atoms with van der Waals surface area (Å²) in [5.41, 5.74) is 1.22. The number of carbonyl (C=O) groups is 2. The molecule has 188 valence electrons. The van der Waals surface area contributed by atoms with Crippen molar-refractivity contribution in [1.29, 1.82) is 0 Å². The standard InChI is InChI=1S/C23H26F3N5O4/c1-2-31(8-9-32)20(33)12-18(15-4-3-5-16(11-15)23(24,25)26)29-21-28-17-7-6-14(10-19(17)30-21)13-27-22(34)35/h3-7,10-11,18,27,32H,2,8-9,12-13H2,1H3,(H,34,35)(H2,28,29,30). The van der Waals surface area contributed by atoms with E-state index in [2.05, 4.69) is 20.6 Å². The minimum absolute atomic E-state index is 0.0833. The molecule has 0 aliphatic rings. The van der Waals surface area contributed by atoms with Crippen LogP contribution in [0.25, 0.3) is 11.0 Å². The highest BCUT2D eigenvalue weighted by molar-refractivity contribution is 5.79. The largest absolute Gasteiger partial charge is 0.465 e. The van der Waals surface area contributed by atoms with E-state index in [1.807, 2.05) is 0 Å². The Morgan fingerprint density at radius 3 is 2.63 bits per heavy atom. The van der Waals surface area contributed by atoms with Crippen molar-refractivity contribution in [3.63, 3.8) is 0 Å². The minimum Gasteiger partial charge on any atom is -0.465 e. The molecule has 0 radical (unpaired) electrons. The van der Waals surface area contributed by atoms with Crippen LogP contribution < -0.4 is 10.6 Å². The second-order valence-corrected chi connectivity index (χ2v) is 7.82. The molecule has 0 bridgehead atoms. The normalized spacial score (nSPS) is 12.4. The first-order chi connectivity index (χ1) is 16.6. The zero-order valence-electron chi connectivity index (χ0n) is 18.9. The summed E-state index contributed by atoms with van der Waals surface area (Å²) >= 11 is 0. The summed E-state index contributed by atoms with van der Waals surface area (Å²) in [6.07, 6.45) is -5.87. The van der Waals surface area contributed by atoms with Crippen LogP contribution in [0.2, 0.25) is 0 Å². The van der Waals surface area contributed by atoms with E-state index in [0.29, 0.717) is 23.1 Å². The second-order valence-electron chi connectivity index (χ2n) is 7.82. The Kier molecular flexibility index (Phi) is 8.18. The molecule has 1 unspecified atom stereocenters. The Hall–Kier alpha value is -3.80. The van der Waals surface area contributed by atoms with Gasteiger partial charge in [-0.2, -0.15) is 13.2 Å². The smallest absolute Gasteiger partial charge is 0.416 e. The number of halogens is 3. The number of anilines is 1. The Bertz CT molecular complexity index is 1180. The number of aliphatic hydroxyl groups is 1. The van der Waals surface area contributed by atoms with Crippen molar-refractivity contribution >= 4 is 29.0 Å². The van der Waals surface area contributed by atoms with Gasteiger partial charge in [0.25, 0.3) is 0 Å². The lowest BCUT2D eigenvalue weighted by Gasteiger charge is -2.24. The summed E-state index contributed by atoms with van der Waals surface area (Å²) in [6.45, 7) is 2.05. The molecular formula is C23H26F3N5O4. The lowest BCUT2D eigenvalue weighted by atomic mass is 10.0. The summed E-state index contributed by atoms with van der Waals surface area (Å²) in [5.74, 6) is -0.0987. The fourth-order valence-electron chi connectivity index (χ4n) is 3.64. The summed E-state index contributed by atoms with van der Waals surface area (Å²) in [6, 6.07) is 8.98. The van der Waals surface area contributed by atoms with Gasteiger partial charge >= 0.3 is 12.3 Å². The number of fused-ring (bicyclic) bond motifs is 1. The van der Waals surface area contributed by atoms with E-state index in [0.717, 1.165) is 12.1 Å². The zero-order valence-corrected chi connectivity index (χ0v) is 18.9. The first-order valence-corrected chi connectivity index (χ1v) is 10.9. The van der Waals surface area contributed by atoms with Gasteiger partial charge in [-0.15, -0.1) is 0 Å². The van der Waals surface area contributed by atoms with Gasteiger partial charge in [-0.1, -0.05) is 18.2 Å². The number of rotatable bonds is 10. The maximum absolute atomic E-state index is 13.3. The van der Waals surface area contributed by atoms with Gasteiger partial charge in [-0.05, 0) is 42.3 Å². The fourth-order valence-corrected chi connectivity index (χ4v) is 3.64. The average molecular weight is 493 g/mol. The van der Waals surface area contributed by atoms with E-state index in [4.69, 9.17) is 5.11 Å². The molecule has 9 nitrogen and oxygen atoms in total. The van der Waals surface area contributed by atoms with Crippen LogP contribution in [0.5, 0.6) is 0 Å². The average Bonchev–Trinajstić information content (AvgIpc) is 3.21. The number of H-pyrrole nitrogens is 1. The number of likely N-dealkylation sites (N-methyl/N-ethyl adjacent to an activating group) is 1. The minimum atomic E-state index is -4.54. The van der Waals surface area contributed by atoms with Gasteiger partial charge in [-0.25, -0.2) is 9.78 Å². The molecule has 2 aromatic carbocycles. The number of aromatic amines is 1. The van der Waals surface area contributed by atoms with Crippen LogP contribution in [0.1, 0.15) is 36.1 Å². The molecule has 1 aromatic heterocycles. The molecule has 0 fully saturated rings. The lowest BCUT2D eigenvalue weighted by molar-refractivity contribution is -0.137. The molecule has 0 aliphatic heterocycles. The quantitative estimate of drug-likeness (QED) is 0.293. The number of nitrogens with zero attached hydrogens (tertiary/aromatic N) is 2. The van der Waals surface area contributed by atoms with Crippen LogP contribution in [0, 0.1) is 0 Å². The summed E-state index contributed by atoms with van der Waals surface area (Å²) < 4.78 is 39.9. The second kappa shape index (κ2) is 11.1. The number of nitrogens with one attached hydrogen (secondary N) is 3. The van der Waals surface area contributed by atoms with E-state index in [1.54, 1.807) is 25.1 Å². The van der Waals surface area contributed by atoms with Gasteiger partial charge in [0.15, 0.2) is 0 Å². The number of carboxylic acid groups (broad SMARTS) is 1. The van der Waals surface area contributed by atoms with Crippen LogP contribution in [0.4, 0.5) is 23.9 Å². The van der Waals surface area contributed by atoms with Crippen LogP contribution in [-0.2, 0) is 17.5 Å². The monoisotopic (exact) mass is 493 g/mol. The number of alkyl halides is 3. The third kappa shape index (κ3) is 6.85. The van der Waals surface area contributed by atoms with Gasteiger partial charge in [0.05, 0.1) is 35.7 Å². The van der Waals surface area contributed by atoms with Gasteiger partial charge in [0.2, 0.25) is 11.9 Å². The number of hydrogen-bond acceptors (Lipinski definition) is 5. The first kappa shape index (κ1) is 25.8. The number of imidazole rings is 1. The van der Waals surface area contributed by atoms with Crippen molar-refractivity contribution in [2.45, 2.75) is 32.1 Å². The summed E-state index contributed by atoms with van der Waals surface area (Å²) in [5, 5.41) is 23.3. The van der Waals surface area contributed by atoms with Gasteiger partial charge in [0.1, 0.15) is 0 Å². The third-order valence-electron chi connectivity index (χ3n) is 5.40. The van der Waals surface area contributed by atoms with Gasteiger partial charge in [-0.3, -0.25) is 4.79 Å².